The highest BCUT2D eigenvalue weighted by atomic mass is 19.3. The second kappa shape index (κ2) is 6.07. The number of alkyl halides is 2. The number of hydrogen-bond donors (Lipinski definition) is 1. The molecule has 7 heteroatoms. The van der Waals surface area contributed by atoms with Crippen LogP contribution >= 0.6 is 0 Å². The highest BCUT2D eigenvalue weighted by Gasteiger charge is 2.41. The average Bonchev–Trinajstić information content (AvgIpc) is 3.19. The van der Waals surface area contributed by atoms with E-state index in [1.807, 2.05) is 0 Å². The summed E-state index contributed by atoms with van der Waals surface area (Å²) in [6.45, 7) is -1.79. The summed E-state index contributed by atoms with van der Waals surface area (Å²) in [5.74, 6) is -1.91. The predicted molar refractivity (Wildman–Crippen MR) is 69.0 cm³/mol. The summed E-state index contributed by atoms with van der Waals surface area (Å²) >= 11 is 0. The van der Waals surface area contributed by atoms with Gasteiger partial charge in [-0.3, -0.25) is 4.79 Å². The molecule has 21 heavy (non-hydrogen) atoms. The Labute approximate surface area is 120 Å². The maximum absolute atomic E-state index is 12.4. The van der Waals surface area contributed by atoms with Crippen LogP contribution in [0.3, 0.4) is 0 Å². The SMILES string of the molecule is CC(=O)N(C1CC1)C(C(=O)O)c1ccccc1OC(F)F. The van der Waals surface area contributed by atoms with Crippen LogP contribution < -0.4 is 4.74 Å². The molecule has 0 radical (unpaired) electrons. The number of nitrogens with zero attached hydrogens (tertiary/aromatic N) is 1. The molecule has 2 rings (SSSR count). The van der Waals surface area contributed by atoms with Crippen LogP contribution in [0, 0.1) is 0 Å². The van der Waals surface area contributed by atoms with Gasteiger partial charge in [-0.15, -0.1) is 0 Å². The van der Waals surface area contributed by atoms with Crippen molar-refractivity contribution >= 4 is 11.9 Å². The van der Waals surface area contributed by atoms with Gasteiger partial charge in [-0.05, 0) is 18.9 Å². The van der Waals surface area contributed by atoms with Gasteiger partial charge < -0.3 is 14.7 Å². The minimum Gasteiger partial charge on any atom is -0.479 e. The standard InChI is InChI=1S/C14H15F2NO4/c1-8(18)17(9-6-7-9)12(13(19)20)10-4-2-3-5-11(10)21-14(15)16/h2-5,9,12,14H,6-7H2,1H3,(H,19,20). The zero-order valence-electron chi connectivity index (χ0n) is 11.3. The van der Waals surface area contributed by atoms with E-state index in [9.17, 15) is 23.5 Å². The van der Waals surface area contributed by atoms with Crippen LogP contribution in [0.5, 0.6) is 5.75 Å². The summed E-state index contributed by atoms with van der Waals surface area (Å²) in [5, 5.41) is 9.44. The van der Waals surface area contributed by atoms with Crippen molar-refractivity contribution in [2.45, 2.75) is 38.5 Å². The molecule has 0 saturated heterocycles. The van der Waals surface area contributed by atoms with Crippen molar-refractivity contribution in [3.8, 4) is 5.75 Å². The number of hydrogen-bond acceptors (Lipinski definition) is 3. The third-order valence-corrected chi connectivity index (χ3v) is 3.25. The lowest BCUT2D eigenvalue weighted by atomic mass is 10.0. The lowest BCUT2D eigenvalue weighted by Gasteiger charge is -2.29. The molecule has 1 saturated carbocycles. The number of aliphatic carboxylic acids is 1. The highest BCUT2D eigenvalue weighted by molar-refractivity contribution is 5.84. The van der Waals surface area contributed by atoms with Crippen LogP contribution in [0.4, 0.5) is 8.78 Å². The van der Waals surface area contributed by atoms with Crippen LogP contribution in [0.2, 0.25) is 0 Å². The van der Waals surface area contributed by atoms with Crippen molar-refractivity contribution < 1.29 is 28.2 Å². The first kappa shape index (κ1) is 15.2. The Morgan fingerprint density at radius 1 is 1.33 bits per heavy atom. The van der Waals surface area contributed by atoms with E-state index in [1.54, 1.807) is 0 Å². The smallest absolute Gasteiger partial charge is 0.387 e. The number of carboxylic acid groups (broad SMARTS) is 1. The van der Waals surface area contributed by atoms with Gasteiger partial charge in [0.15, 0.2) is 6.04 Å². The molecule has 0 spiro atoms. The molecule has 1 unspecified atom stereocenters. The Morgan fingerprint density at radius 3 is 2.43 bits per heavy atom. The number of para-hydroxylation sites is 1. The summed E-state index contributed by atoms with van der Waals surface area (Å²) < 4.78 is 29.3. The predicted octanol–water partition coefficient (Wildman–Crippen LogP) is 2.42. The largest absolute Gasteiger partial charge is 0.479 e. The fourth-order valence-electron chi connectivity index (χ4n) is 2.31. The molecule has 1 amide bonds. The van der Waals surface area contributed by atoms with Crippen molar-refractivity contribution in [2.75, 3.05) is 0 Å². The van der Waals surface area contributed by atoms with Crippen molar-refractivity contribution in [2.24, 2.45) is 0 Å². The molecule has 0 heterocycles. The lowest BCUT2D eigenvalue weighted by molar-refractivity contribution is -0.150. The number of ether oxygens (including phenoxy) is 1. The summed E-state index contributed by atoms with van der Waals surface area (Å²) in [6, 6.07) is 4.15. The van der Waals surface area contributed by atoms with E-state index in [0.29, 0.717) is 12.8 Å². The van der Waals surface area contributed by atoms with Crippen molar-refractivity contribution in [1.82, 2.24) is 4.90 Å². The van der Waals surface area contributed by atoms with Crippen LogP contribution in [0.25, 0.3) is 0 Å². The van der Waals surface area contributed by atoms with Crippen LogP contribution in [-0.4, -0.2) is 34.5 Å². The first-order valence-electron chi connectivity index (χ1n) is 6.47. The second-order valence-electron chi connectivity index (χ2n) is 4.81. The van der Waals surface area contributed by atoms with Gasteiger partial charge in [0.05, 0.1) is 0 Å². The Kier molecular flexibility index (Phi) is 4.40. The Balaban J connectivity index is 2.42. The number of rotatable bonds is 6. The lowest BCUT2D eigenvalue weighted by Crippen LogP contribution is -2.39. The molecule has 114 valence electrons. The summed E-state index contributed by atoms with van der Waals surface area (Å²) in [5.41, 5.74) is 0.0485. The van der Waals surface area contributed by atoms with Crippen LogP contribution in [0.15, 0.2) is 24.3 Å². The van der Waals surface area contributed by atoms with E-state index in [-0.39, 0.29) is 17.4 Å². The van der Waals surface area contributed by atoms with E-state index in [0.717, 1.165) is 0 Å². The monoisotopic (exact) mass is 299 g/mol. The van der Waals surface area contributed by atoms with Crippen molar-refractivity contribution in [1.29, 1.82) is 0 Å². The molecule has 1 aliphatic carbocycles. The Morgan fingerprint density at radius 2 is 1.95 bits per heavy atom. The van der Waals surface area contributed by atoms with Gasteiger partial charge in [0.2, 0.25) is 5.91 Å². The molecule has 1 N–H and O–H groups in total. The summed E-state index contributed by atoms with van der Waals surface area (Å²) in [6.07, 6.45) is 1.42. The second-order valence-corrected chi connectivity index (χ2v) is 4.81. The van der Waals surface area contributed by atoms with Crippen LogP contribution in [0.1, 0.15) is 31.4 Å². The third-order valence-electron chi connectivity index (χ3n) is 3.25. The molecular weight excluding hydrogens is 284 g/mol. The Hall–Kier alpha value is -2.18. The molecule has 0 aromatic heterocycles. The van der Waals surface area contributed by atoms with Gasteiger partial charge in [-0.2, -0.15) is 8.78 Å². The Bertz CT molecular complexity index is 546. The molecule has 1 fully saturated rings. The molecule has 5 nitrogen and oxygen atoms in total. The molecule has 1 aliphatic rings. The number of halogens is 2. The number of carbonyl (C=O) groups is 2. The summed E-state index contributed by atoms with van der Waals surface area (Å²) in [4.78, 5) is 24.5. The zero-order valence-corrected chi connectivity index (χ0v) is 11.3. The zero-order chi connectivity index (χ0) is 15.6. The number of amides is 1. The van der Waals surface area contributed by atoms with E-state index >= 15 is 0 Å². The topological polar surface area (TPSA) is 66.8 Å². The minimum absolute atomic E-state index is 0.0485. The minimum atomic E-state index is -3.06. The number of benzene rings is 1. The molecule has 0 aliphatic heterocycles. The highest BCUT2D eigenvalue weighted by Crippen LogP contribution is 2.38. The maximum Gasteiger partial charge on any atom is 0.387 e. The number of carboxylic acids is 1. The molecular formula is C14H15F2NO4. The molecule has 0 bridgehead atoms. The molecule has 1 aromatic rings. The first-order valence-corrected chi connectivity index (χ1v) is 6.47. The van der Waals surface area contributed by atoms with Crippen LogP contribution in [-0.2, 0) is 9.59 Å². The van der Waals surface area contributed by atoms with Gasteiger partial charge in [0.25, 0.3) is 0 Å². The van der Waals surface area contributed by atoms with Crippen molar-refractivity contribution in [3.05, 3.63) is 29.8 Å². The van der Waals surface area contributed by atoms with E-state index in [4.69, 9.17) is 0 Å². The third kappa shape index (κ3) is 3.48. The van der Waals surface area contributed by atoms with Crippen molar-refractivity contribution in [3.63, 3.8) is 0 Å². The van der Waals surface area contributed by atoms with Gasteiger partial charge in [0, 0.05) is 18.5 Å². The van der Waals surface area contributed by atoms with Gasteiger partial charge >= 0.3 is 12.6 Å². The van der Waals surface area contributed by atoms with E-state index < -0.39 is 24.5 Å². The fraction of sp³-hybridized carbons (Fsp3) is 0.429. The molecule has 1 atom stereocenters. The number of carbonyl (C=O) groups excluding carboxylic acids is 1. The average molecular weight is 299 g/mol. The fourth-order valence-corrected chi connectivity index (χ4v) is 2.31. The van der Waals surface area contributed by atoms with E-state index in [1.165, 1.54) is 36.1 Å². The first-order chi connectivity index (χ1) is 9.91. The molecule has 1 aromatic carbocycles. The quantitative estimate of drug-likeness (QED) is 0.876. The summed E-state index contributed by atoms with van der Waals surface area (Å²) in [7, 11) is 0. The maximum atomic E-state index is 12.4. The van der Waals surface area contributed by atoms with E-state index in [2.05, 4.69) is 4.74 Å². The van der Waals surface area contributed by atoms with Gasteiger partial charge in [-0.1, -0.05) is 18.2 Å². The normalized spacial score (nSPS) is 15.6. The van der Waals surface area contributed by atoms with Gasteiger partial charge in [0.1, 0.15) is 5.75 Å². The van der Waals surface area contributed by atoms with Gasteiger partial charge in [-0.25, -0.2) is 4.79 Å².